The van der Waals surface area contributed by atoms with Crippen LogP contribution >= 0.6 is 0 Å². The summed E-state index contributed by atoms with van der Waals surface area (Å²) in [6.07, 6.45) is 9.39. The first-order valence-electron chi connectivity index (χ1n) is 8.05. The van der Waals surface area contributed by atoms with E-state index in [0.717, 1.165) is 31.8 Å². The van der Waals surface area contributed by atoms with Crippen LogP contribution in [0.1, 0.15) is 51.5 Å². The van der Waals surface area contributed by atoms with Gasteiger partial charge in [-0.25, -0.2) is 0 Å². The fourth-order valence-corrected chi connectivity index (χ4v) is 3.46. The molecule has 3 heteroatoms. The number of rotatable bonds is 6. The van der Waals surface area contributed by atoms with Crippen molar-refractivity contribution in [3.63, 3.8) is 0 Å². The molecule has 3 unspecified atom stereocenters. The lowest BCUT2D eigenvalue weighted by molar-refractivity contribution is 0.00000939. The van der Waals surface area contributed by atoms with Crippen LogP contribution in [0.25, 0.3) is 0 Å². The van der Waals surface area contributed by atoms with Crippen LogP contribution in [-0.4, -0.2) is 33.7 Å². The van der Waals surface area contributed by atoms with Crippen molar-refractivity contribution in [1.82, 2.24) is 9.88 Å². The number of nitrogens with zero attached hydrogens (tertiary/aromatic N) is 2. The number of hydrogen-bond donors (Lipinski definition) is 1. The van der Waals surface area contributed by atoms with Gasteiger partial charge < -0.3 is 5.11 Å². The molecule has 0 saturated heterocycles. The van der Waals surface area contributed by atoms with Gasteiger partial charge in [0.25, 0.3) is 0 Å². The largest absolute Gasteiger partial charge is 0.391 e. The van der Waals surface area contributed by atoms with Gasteiger partial charge in [-0.15, -0.1) is 0 Å². The Kier molecular flexibility index (Phi) is 5.99. The summed E-state index contributed by atoms with van der Waals surface area (Å²) in [5.41, 5.74) is 1.28. The highest BCUT2D eigenvalue weighted by atomic mass is 16.3. The predicted molar refractivity (Wildman–Crippen MR) is 82.4 cm³/mol. The number of aliphatic hydroxyl groups is 1. The number of aromatic nitrogens is 1. The fraction of sp³-hybridized carbons (Fsp3) is 0.706. The van der Waals surface area contributed by atoms with Gasteiger partial charge in [0.2, 0.25) is 0 Å². The van der Waals surface area contributed by atoms with Gasteiger partial charge in [0.1, 0.15) is 0 Å². The van der Waals surface area contributed by atoms with Crippen molar-refractivity contribution in [3.05, 3.63) is 30.1 Å². The van der Waals surface area contributed by atoms with Crippen molar-refractivity contribution in [2.24, 2.45) is 5.92 Å². The molecular formula is C17H28N2O. The van der Waals surface area contributed by atoms with Crippen molar-refractivity contribution in [3.8, 4) is 0 Å². The van der Waals surface area contributed by atoms with E-state index in [2.05, 4.69) is 35.9 Å². The fourth-order valence-electron chi connectivity index (χ4n) is 3.46. The highest BCUT2D eigenvalue weighted by Crippen LogP contribution is 2.31. The molecule has 1 saturated carbocycles. The van der Waals surface area contributed by atoms with Crippen molar-refractivity contribution >= 4 is 0 Å². The molecule has 3 nitrogen and oxygen atoms in total. The maximum Gasteiger partial charge on any atom is 0.0695 e. The molecule has 1 aromatic heterocycles. The second-order valence-electron chi connectivity index (χ2n) is 6.02. The van der Waals surface area contributed by atoms with Crippen LogP contribution in [0.3, 0.4) is 0 Å². The summed E-state index contributed by atoms with van der Waals surface area (Å²) in [5.74, 6) is 0.792. The Morgan fingerprint density at radius 2 is 2.00 bits per heavy atom. The van der Waals surface area contributed by atoms with E-state index in [-0.39, 0.29) is 6.10 Å². The Bertz CT molecular complexity index is 382. The molecule has 3 atom stereocenters. The molecule has 1 N–H and O–H groups in total. The van der Waals surface area contributed by atoms with Crippen LogP contribution in [0.15, 0.2) is 24.5 Å². The highest BCUT2D eigenvalue weighted by molar-refractivity contribution is 5.09. The third-order valence-electron chi connectivity index (χ3n) is 4.60. The topological polar surface area (TPSA) is 36.4 Å². The van der Waals surface area contributed by atoms with Crippen molar-refractivity contribution in [1.29, 1.82) is 0 Å². The Morgan fingerprint density at radius 3 is 2.65 bits per heavy atom. The van der Waals surface area contributed by atoms with Gasteiger partial charge >= 0.3 is 0 Å². The van der Waals surface area contributed by atoms with Gasteiger partial charge in [0.15, 0.2) is 0 Å². The van der Waals surface area contributed by atoms with Crippen LogP contribution < -0.4 is 0 Å². The zero-order valence-electron chi connectivity index (χ0n) is 12.8. The van der Waals surface area contributed by atoms with Crippen LogP contribution in [0.4, 0.5) is 0 Å². The Balaban J connectivity index is 2.01. The van der Waals surface area contributed by atoms with E-state index in [9.17, 15) is 5.11 Å². The van der Waals surface area contributed by atoms with Gasteiger partial charge in [-0.1, -0.05) is 26.7 Å². The molecule has 2 rings (SSSR count). The molecule has 0 spiro atoms. The molecule has 1 aliphatic rings. The molecule has 0 amide bonds. The quantitative estimate of drug-likeness (QED) is 0.866. The Labute approximate surface area is 123 Å². The Hall–Kier alpha value is -0.930. The Morgan fingerprint density at radius 1 is 1.25 bits per heavy atom. The molecule has 0 aromatic carbocycles. The number of aliphatic hydroxyl groups excluding tert-OH is 1. The predicted octanol–water partition coefficient (Wildman–Crippen LogP) is 3.23. The average molecular weight is 276 g/mol. The molecule has 0 bridgehead atoms. The van der Waals surface area contributed by atoms with Gasteiger partial charge in [-0.2, -0.15) is 0 Å². The standard InChI is InChI=1S/C17H28N2O/c1-3-5-14-6-7-17(20)16(12-14)19(4-2)13-15-8-10-18-11-9-15/h8-11,14,16-17,20H,3-7,12-13H2,1-2H3. The summed E-state index contributed by atoms with van der Waals surface area (Å²) >= 11 is 0. The minimum Gasteiger partial charge on any atom is -0.391 e. The lowest BCUT2D eigenvalue weighted by atomic mass is 9.80. The summed E-state index contributed by atoms with van der Waals surface area (Å²) in [7, 11) is 0. The van der Waals surface area contributed by atoms with Gasteiger partial charge in [0.05, 0.1) is 6.10 Å². The van der Waals surface area contributed by atoms with Crippen molar-refractivity contribution < 1.29 is 5.11 Å². The minimum atomic E-state index is -0.162. The summed E-state index contributed by atoms with van der Waals surface area (Å²) in [5, 5.41) is 10.4. The van der Waals surface area contributed by atoms with E-state index in [4.69, 9.17) is 0 Å². The normalized spacial score (nSPS) is 26.9. The zero-order chi connectivity index (χ0) is 14.4. The van der Waals surface area contributed by atoms with Crippen LogP contribution in [0.2, 0.25) is 0 Å². The molecule has 1 heterocycles. The number of pyridine rings is 1. The zero-order valence-corrected chi connectivity index (χ0v) is 12.8. The SMILES string of the molecule is CCCC1CCC(O)C(N(CC)Cc2ccncc2)C1. The van der Waals surface area contributed by atoms with Gasteiger partial charge in [-0.3, -0.25) is 9.88 Å². The lowest BCUT2D eigenvalue weighted by Crippen LogP contribution is -2.47. The summed E-state index contributed by atoms with van der Waals surface area (Å²) in [6.45, 7) is 6.36. The number of hydrogen-bond acceptors (Lipinski definition) is 3. The molecule has 112 valence electrons. The smallest absolute Gasteiger partial charge is 0.0695 e. The first-order valence-corrected chi connectivity index (χ1v) is 8.05. The summed E-state index contributed by atoms with van der Waals surface area (Å²) in [6, 6.07) is 4.46. The maximum absolute atomic E-state index is 10.4. The van der Waals surface area contributed by atoms with E-state index < -0.39 is 0 Å². The van der Waals surface area contributed by atoms with E-state index in [1.54, 1.807) is 0 Å². The second kappa shape index (κ2) is 7.75. The van der Waals surface area contributed by atoms with E-state index in [1.165, 1.54) is 24.8 Å². The van der Waals surface area contributed by atoms with Gasteiger partial charge in [0, 0.05) is 25.0 Å². The van der Waals surface area contributed by atoms with E-state index in [1.807, 2.05) is 12.4 Å². The third kappa shape index (κ3) is 4.03. The lowest BCUT2D eigenvalue weighted by Gasteiger charge is -2.40. The first kappa shape index (κ1) is 15.5. The minimum absolute atomic E-state index is 0.162. The third-order valence-corrected chi connectivity index (χ3v) is 4.60. The van der Waals surface area contributed by atoms with E-state index >= 15 is 0 Å². The maximum atomic E-state index is 10.4. The second-order valence-corrected chi connectivity index (χ2v) is 6.02. The van der Waals surface area contributed by atoms with Crippen LogP contribution in [0.5, 0.6) is 0 Å². The number of likely N-dealkylation sites (N-methyl/N-ethyl adjacent to an activating group) is 1. The summed E-state index contributed by atoms with van der Waals surface area (Å²) in [4.78, 5) is 6.51. The van der Waals surface area contributed by atoms with Crippen LogP contribution in [-0.2, 0) is 6.54 Å². The molecule has 1 aliphatic carbocycles. The van der Waals surface area contributed by atoms with Crippen molar-refractivity contribution in [2.45, 2.75) is 64.6 Å². The first-order chi connectivity index (χ1) is 9.74. The molecule has 0 aliphatic heterocycles. The van der Waals surface area contributed by atoms with Crippen molar-refractivity contribution in [2.75, 3.05) is 6.54 Å². The average Bonchev–Trinajstić information content (AvgIpc) is 2.48. The molecular weight excluding hydrogens is 248 g/mol. The highest BCUT2D eigenvalue weighted by Gasteiger charge is 2.32. The van der Waals surface area contributed by atoms with Crippen LogP contribution in [0, 0.1) is 5.92 Å². The van der Waals surface area contributed by atoms with E-state index in [0.29, 0.717) is 6.04 Å². The van der Waals surface area contributed by atoms with Gasteiger partial charge in [-0.05, 0) is 49.4 Å². The summed E-state index contributed by atoms with van der Waals surface area (Å²) < 4.78 is 0. The molecule has 1 aromatic rings. The molecule has 0 radical (unpaired) electrons. The monoisotopic (exact) mass is 276 g/mol. The molecule has 1 fully saturated rings. The molecule has 20 heavy (non-hydrogen) atoms.